The van der Waals surface area contributed by atoms with Gasteiger partial charge < -0.3 is 15.4 Å². The van der Waals surface area contributed by atoms with Crippen LogP contribution in [0.25, 0.3) is 0 Å². The average Bonchev–Trinajstić information content (AvgIpc) is 2.47. The van der Waals surface area contributed by atoms with Gasteiger partial charge in [-0.05, 0) is 56.5 Å². The van der Waals surface area contributed by atoms with Crippen LogP contribution in [-0.2, 0) is 4.79 Å². The van der Waals surface area contributed by atoms with E-state index in [1.54, 1.807) is 0 Å². The Morgan fingerprint density at radius 1 is 1.52 bits per heavy atom. The number of piperidine rings is 1. The summed E-state index contributed by atoms with van der Waals surface area (Å²) in [6.07, 6.45) is 1.22. The van der Waals surface area contributed by atoms with Gasteiger partial charge in [0.25, 0.3) is 5.91 Å². The summed E-state index contributed by atoms with van der Waals surface area (Å²) in [5, 5.41) is 6.50. The van der Waals surface area contributed by atoms with E-state index in [1.807, 2.05) is 38.1 Å². The zero-order valence-corrected chi connectivity index (χ0v) is 13.2. The number of nitrogens with one attached hydrogen (secondary N) is 2. The summed E-state index contributed by atoms with van der Waals surface area (Å²) < 4.78 is 5.86. The molecule has 21 heavy (non-hydrogen) atoms. The van der Waals surface area contributed by atoms with Crippen LogP contribution in [0.5, 0.6) is 5.75 Å². The van der Waals surface area contributed by atoms with Crippen LogP contribution in [0.4, 0.5) is 0 Å². The minimum atomic E-state index is -0.422. The molecular formula is C17H26N2O2. The van der Waals surface area contributed by atoms with Gasteiger partial charge in [0, 0.05) is 6.04 Å². The van der Waals surface area contributed by atoms with Gasteiger partial charge in [0.1, 0.15) is 5.75 Å². The first kappa shape index (κ1) is 15.8. The quantitative estimate of drug-likeness (QED) is 0.874. The van der Waals surface area contributed by atoms with Crippen molar-refractivity contribution in [2.45, 2.75) is 45.8 Å². The number of benzene rings is 1. The van der Waals surface area contributed by atoms with E-state index < -0.39 is 6.10 Å². The van der Waals surface area contributed by atoms with Crippen molar-refractivity contribution in [1.29, 1.82) is 0 Å². The molecule has 4 heteroatoms. The van der Waals surface area contributed by atoms with Gasteiger partial charge in [0.15, 0.2) is 6.10 Å². The lowest BCUT2D eigenvalue weighted by Crippen LogP contribution is -2.51. The minimum Gasteiger partial charge on any atom is -0.481 e. The highest BCUT2D eigenvalue weighted by Crippen LogP contribution is 2.16. The number of aryl methyl sites for hydroxylation is 1. The number of carbonyl (C=O) groups is 1. The van der Waals surface area contributed by atoms with E-state index >= 15 is 0 Å². The first-order valence-corrected chi connectivity index (χ1v) is 7.84. The molecule has 1 amide bonds. The van der Waals surface area contributed by atoms with Crippen LogP contribution in [0.15, 0.2) is 24.3 Å². The topological polar surface area (TPSA) is 50.4 Å². The third kappa shape index (κ3) is 4.46. The second-order valence-corrected chi connectivity index (χ2v) is 5.92. The highest BCUT2D eigenvalue weighted by atomic mass is 16.5. The summed E-state index contributed by atoms with van der Waals surface area (Å²) in [6.45, 7) is 8.08. The Kier molecular flexibility index (Phi) is 5.62. The number of hydrogen-bond acceptors (Lipinski definition) is 3. The van der Waals surface area contributed by atoms with Crippen LogP contribution < -0.4 is 15.4 Å². The van der Waals surface area contributed by atoms with Gasteiger partial charge in [-0.2, -0.15) is 0 Å². The van der Waals surface area contributed by atoms with Gasteiger partial charge >= 0.3 is 0 Å². The van der Waals surface area contributed by atoms with Gasteiger partial charge in [0.05, 0.1) is 0 Å². The summed E-state index contributed by atoms with van der Waals surface area (Å²) in [4.78, 5) is 12.4. The molecule has 1 fully saturated rings. The number of ether oxygens (including phenoxy) is 1. The summed E-state index contributed by atoms with van der Waals surface area (Å²) in [5.74, 6) is 1.22. The van der Waals surface area contributed by atoms with Crippen molar-refractivity contribution >= 4 is 5.91 Å². The monoisotopic (exact) mass is 290 g/mol. The number of amides is 1. The second-order valence-electron chi connectivity index (χ2n) is 5.92. The molecule has 0 radical (unpaired) electrons. The van der Waals surface area contributed by atoms with Crippen molar-refractivity contribution in [3.63, 3.8) is 0 Å². The lowest BCUT2D eigenvalue weighted by molar-refractivity contribution is -0.129. The minimum absolute atomic E-state index is 0.00208. The molecule has 0 bridgehead atoms. The number of carbonyl (C=O) groups excluding carboxylic acids is 1. The van der Waals surface area contributed by atoms with Crippen LogP contribution in [0, 0.1) is 12.8 Å². The van der Waals surface area contributed by atoms with Crippen molar-refractivity contribution in [3.05, 3.63) is 29.8 Å². The van der Waals surface area contributed by atoms with Crippen molar-refractivity contribution in [1.82, 2.24) is 10.6 Å². The first-order chi connectivity index (χ1) is 10.1. The van der Waals surface area contributed by atoms with Gasteiger partial charge in [-0.3, -0.25) is 4.79 Å². The van der Waals surface area contributed by atoms with Crippen LogP contribution >= 0.6 is 0 Å². The molecule has 1 aromatic carbocycles. The molecule has 3 atom stereocenters. The van der Waals surface area contributed by atoms with E-state index in [-0.39, 0.29) is 11.9 Å². The maximum atomic E-state index is 12.4. The van der Waals surface area contributed by atoms with Gasteiger partial charge in [0.2, 0.25) is 0 Å². The normalized spacial score (nSPS) is 23.4. The molecule has 0 aromatic heterocycles. The Bertz CT molecular complexity index is 476. The van der Waals surface area contributed by atoms with Crippen LogP contribution in [0.2, 0.25) is 0 Å². The van der Waals surface area contributed by atoms with Gasteiger partial charge in [-0.25, -0.2) is 0 Å². The van der Waals surface area contributed by atoms with E-state index in [0.29, 0.717) is 12.3 Å². The summed E-state index contributed by atoms with van der Waals surface area (Å²) in [7, 11) is 0. The molecule has 4 nitrogen and oxygen atoms in total. The predicted octanol–water partition coefficient (Wildman–Crippen LogP) is 2.27. The molecule has 0 spiro atoms. The number of rotatable bonds is 5. The zero-order chi connectivity index (χ0) is 15.2. The average molecular weight is 290 g/mol. The fraction of sp³-hybridized carbons (Fsp3) is 0.588. The lowest BCUT2D eigenvalue weighted by atomic mass is 9.95. The molecular weight excluding hydrogens is 264 g/mol. The third-order valence-corrected chi connectivity index (χ3v) is 4.04. The Morgan fingerprint density at radius 3 is 3.00 bits per heavy atom. The lowest BCUT2D eigenvalue weighted by Gasteiger charge is -2.31. The molecule has 1 aliphatic rings. The fourth-order valence-corrected chi connectivity index (χ4v) is 2.68. The molecule has 3 unspecified atom stereocenters. The fourth-order valence-electron chi connectivity index (χ4n) is 2.68. The first-order valence-electron chi connectivity index (χ1n) is 7.84. The molecule has 0 saturated carbocycles. The zero-order valence-electron chi connectivity index (χ0n) is 13.2. The largest absolute Gasteiger partial charge is 0.481 e. The van der Waals surface area contributed by atoms with Crippen molar-refractivity contribution in [3.8, 4) is 5.75 Å². The smallest absolute Gasteiger partial charge is 0.261 e. The molecule has 2 N–H and O–H groups in total. The Labute approximate surface area is 127 Å². The standard InChI is InChI=1S/C17H26N2O2/c1-4-16(21-14-7-5-6-12(2)10-14)17(20)19-15-8-9-18-11-13(15)3/h5-7,10,13,15-16,18H,4,8-9,11H2,1-3H3,(H,19,20). The highest BCUT2D eigenvalue weighted by Gasteiger charge is 2.26. The van der Waals surface area contributed by atoms with Crippen molar-refractivity contribution in [2.24, 2.45) is 5.92 Å². The van der Waals surface area contributed by atoms with Gasteiger partial charge in [-0.15, -0.1) is 0 Å². The van der Waals surface area contributed by atoms with Crippen molar-refractivity contribution in [2.75, 3.05) is 13.1 Å². The third-order valence-electron chi connectivity index (χ3n) is 4.04. The second kappa shape index (κ2) is 7.46. The Balaban J connectivity index is 1.95. The summed E-state index contributed by atoms with van der Waals surface area (Å²) in [6, 6.07) is 8.07. The van der Waals surface area contributed by atoms with E-state index in [1.165, 1.54) is 0 Å². The highest BCUT2D eigenvalue weighted by molar-refractivity contribution is 5.81. The van der Waals surface area contributed by atoms with E-state index in [2.05, 4.69) is 17.6 Å². The summed E-state index contributed by atoms with van der Waals surface area (Å²) in [5.41, 5.74) is 1.13. The van der Waals surface area contributed by atoms with Crippen molar-refractivity contribution < 1.29 is 9.53 Å². The SMILES string of the molecule is CCC(Oc1cccc(C)c1)C(=O)NC1CCNCC1C. The maximum Gasteiger partial charge on any atom is 0.261 e. The summed E-state index contributed by atoms with van der Waals surface area (Å²) >= 11 is 0. The van der Waals surface area contributed by atoms with Crippen LogP contribution in [0.1, 0.15) is 32.3 Å². The van der Waals surface area contributed by atoms with E-state index in [0.717, 1.165) is 30.8 Å². The molecule has 2 rings (SSSR count). The maximum absolute atomic E-state index is 12.4. The molecule has 0 aliphatic carbocycles. The molecule has 116 valence electrons. The Morgan fingerprint density at radius 2 is 2.33 bits per heavy atom. The Hall–Kier alpha value is -1.55. The molecule has 1 aliphatic heterocycles. The molecule has 1 saturated heterocycles. The van der Waals surface area contributed by atoms with Gasteiger partial charge in [-0.1, -0.05) is 26.0 Å². The van der Waals surface area contributed by atoms with Crippen LogP contribution in [0.3, 0.4) is 0 Å². The number of hydrogen-bond donors (Lipinski definition) is 2. The van der Waals surface area contributed by atoms with E-state index in [4.69, 9.17) is 4.74 Å². The molecule has 1 heterocycles. The molecule has 1 aromatic rings. The predicted molar refractivity (Wildman–Crippen MR) is 84.5 cm³/mol. The van der Waals surface area contributed by atoms with Crippen LogP contribution in [-0.4, -0.2) is 31.1 Å². The van der Waals surface area contributed by atoms with E-state index in [9.17, 15) is 4.79 Å².